The average molecular weight is 247 g/mol. The molecule has 0 bridgehead atoms. The quantitative estimate of drug-likeness (QED) is 0.862. The Labute approximate surface area is 98.5 Å². The average Bonchev–Trinajstić information content (AvgIpc) is 2.14. The highest BCUT2D eigenvalue weighted by molar-refractivity contribution is 6.35. The topological polar surface area (TPSA) is 55.1 Å². The van der Waals surface area contributed by atoms with Crippen molar-refractivity contribution in [2.24, 2.45) is 11.7 Å². The second kappa shape index (κ2) is 5.35. The molecule has 0 aliphatic heterocycles. The van der Waals surface area contributed by atoms with Crippen LogP contribution in [0.15, 0.2) is 18.2 Å². The van der Waals surface area contributed by atoms with Crippen LogP contribution in [0.4, 0.5) is 5.69 Å². The largest absolute Gasteiger partial charge is 0.330 e. The molecule has 1 aromatic rings. The Morgan fingerprint density at radius 3 is 2.40 bits per heavy atom. The Hall–Kier alpha value is -0.770. The van der Waals surface area contributed by atoms with Crippen molar-refractivity contribution in [1.29, 1.82) is 0 Å². The third kappa shape index (κ3) is 3.70. The summed E-state index contributed by atoms with van der Waals surface area (Å²) in [7, 11) is 0. The number of hydrogen-bond donors (Lipinski definition) is 2. The first-order valence-electron chi connectivity index (χ1n) is 4.50. The molecule has 0 saturated carbocycles. The van der Waals surface area contributed by atoms with Crippen LogP contribution in [-0.4, -0.2) is 12.5 Å². The van der Waals surface area contributed by atoms with Gasteiger partial charge < -0.3 is 11.1 Å². The molecule has 82 valence electrons. The lowest BCUT2D eigenvalue weighted by atomic mass is 10.1. The van der Waals surface area contributed by atoms with Crippen LogP contribution in [0.5, 0.6) is 0 Å². The number of hydrogen-bond acceptors (Lipinski definition) is 2. The van der Waals surface area contributed by atoms with Crippen molar-refractivity contribution < 1.29 is 4.79 Å². The van der Waals surface area contributed by atoms with Crippen molar-refractivity contribution in [3.05, 3.63) is 28.2 Å². The summed E-state index contributed by atoms with van der Waals surface area (Å²) in [6.45, 7) is 2.06. The lowest BCUT2D eigenvalue weighted by molar-refractivity contribution is -0.119. The summed E-state index contributed by atoms with van der Waals surface area (Å²) >= 11 is 11.6. The smallest absolute Gasteiger partial charge is 0.228 e. The van der Waals surface area contributed by atoms with Gasteiger partial charge in [-0.2, -0.15) is 0 Å². The van der Waals surface area contributed by atoms with Gasteiger partial charge in [-0.1, -0.05) is 30.1 Å². The summed E-state index contributed by atoms with van der Waals surface area (Å²) in [5, 5.41) is 3.66. The van der Waals surface area contributed by atoms with E-state index >= 15 is 0 Å². The summed E-state index contributed by atoms with van der Waals surface area (Å²) < 4.78 is 0. The highest BCUT2D eigenvalue weighted by atomic mass is 35.5. The molecule has 0 aliphatic rings. The zero-order chi connectivity index (χ0) is 11.4. The van der Waals surface area contributed by atoms with Gasteiger partial charge in [-0.25, -0.2) is 0 Å². The molecule has 3 N–H and O–H groups in total. The van der Waals surface area contributed by atoms with Crippen molar-refractivity contribution in [3.63, 3.8) is 0 Å². The van der Waals surface area contributed by atoms with Crippen molar-refractivity contribution in [2.75, 3.05) is 11.9 Å². The van der Waals surface area contributed by atoms with Crippen molar-refractivity contribution in [1.82, 2.24) is 0 Å². The number of rotatable bonds is 3. The van der Waals surface area contributed by atoms with E-state index in [1.54, 1.807) is 25.1 Å². The van der Waals surface area contributed by atoms with E-state index in [0.717, 1.165) is 0 Å². The fourth-order valence-electron chi connectivity index (χ4n) is 0.998. The lowest BCUT2D eigenvalue weighted by Gasteiger charge is -2.10. The number of halogens is 2. The Balaban J connectivity index is 2.76. The number of nitrogens with one attached hydrogen (secondary N) is 1. The predicted molar refractivity (Wildman–Crippen MR) is 63.3 cm³/mol. The summed E-state index contributed by atoms with van der Waals surface area (Å²) in [5.74, 6) is -0.376. The third-order valence-electron chi connectivity index (χ3n) is 1.93. The van der Waals surface area contributed by atoms with Gasteiger partial charge in [0.25, 0.3) is 0 Å². The first kappa shape index (κ1) is 12.3. The zero-order valence-electron chi connectivity index (χ0n) is 8.26. The van der Waals surface area contributed by atoms with E-state index in [2.05, 4.69) is 5.32 Å². The van der Waals surface area contributed by atoms with E-state index in [4.69, 9.17) is 28.9 Å². The standard InChI is InChI=1S/C10H12Cl2N2O/c1-6(5-13)10(15)14-9-3-7(11)2-8(12)4-9/h2-4,6H,5,13H2,1H3,(H,14,15). The number of carbonyl (C=O) groups is 1. The number of nitrogens with two attached hydrogens (primary N) is 1. The number of amides is 1. The molecule has 0 saturated heterocycles. The number of benzene rings is 1. The van der Waals surface area contributed by atoms with Gasteiger partial charge in [0.2, 0.25) is 5.91 Å². The number of carbonyl (C=O) groups excluding carboxylic acids is 1. The molecule has 0 radical (unpaired) electrons. The van der Waals surface area contributed by atoms with Gasteiger partial charge in [0.1, 0.15) is 0 Å². The molecule has 3 nitrogen and oxygen atoms in total. The highest BCUT2D eigenvalue weighted by Crippen LogP contribution is 2.22. The Morgan fingerprint density at radius 2 is 1.93 bits per heavy atom. The molecule has 1 unspecified atom stereocenters. The first-order chi connectivity index (χ1) is 7.02. The van der Waals surface area contributed by atoms with Crippen molar-refractivity contribution in [2.45, 2.75) is 6.92 Å². The fraction of sp³-hybridized carbons (Fsp3) is 0.300. The van der Waals surface area contributed by atoms with Gasteiger partial charge in [-0.3, -0.25) is 4.79 Å². The first-order valence-corrected chi connectivity index (χ1v) is 5.25. The van der Waals surface area contributed by atoms with Gasteiger partial charge in [-0.05, 0) is 18.2 Å². The maximum atomic E-state index is 11.5. The lowest BCUT2D eigenvalue weighted by Crippen LogP contribution is -2.26. The maximum Gasteiger partial charge on any atom is 0.228 e. The van der Waals surface area contributed by atoms with Crippen LogP contribution in [0, 0.1) is 5.92 Å². The van der Waals surface area contributed by atoms with E-state index in [1.165, 1.54) is 0 Å². The van der Waals surface area contributed by atoms with E-state index < -0.39 is 0 Å². The Kier molecular flexibility index (Phi) is 4.39. The monoisotopic (exact) mass is 246 g/mol. The number of anilines is 1. The minimum atomic E-state index is -0.234. The minimum absolute atomic E-state index is 0.143. The van der Waals surface area contributed by atoms with Crippen LogP contribution in [-0.2, 0) is 4.79 Å². The van der Waals surface area contributed by atoms with E-state index in [1.807, 2.05) is 0 Å². The Morgan fingerprint density at radius 1 is 1.40 bits per heavy atom. The molecular weight excluding hydrogens is 235 g/mol. The Bertz CT molecular complexity index is 348. The summed E-state index contributed by atoms with van der Waals surface area (Å²) in [6.07, 6.45) is 0. The van der Waals surface area contributed by atoms with Crippen LogP contribution in [0.2, 0.25) is 10.0 Å². The van der Waals surface area contributed by atoms with Crippen LogP contribution in [0.1, 0.15) is 6.92 Å². The van der Waals surface area contributed by atoms with Crippen LogP contribution < -0.4 is 11.1 Å². The molecule has 0 aliphatic carbocycles. The molecule has 1 rings (SSSR count). The van der Waals surface area contributed by atoms with E-state index in [9.17, 15) is 4.79 Å². The molecule has 1 atom stereocenters. The van der Waals surface area contributed by atoms with Crippen molar-refractivity contribution in [3.8, 4) is 0 Å². The van der Waals surface area contributed by atoms with Gasteiger partial charge >= 0.3 is 0 Å². The minimum Gasteiger partial charge on any atom is -0.330 e. The van der Waals surface area contributed by atoms with E-state index in [-0.39, 0.29) is 11.8 Å². The molecule has 1 amide bonds. The predicted octanol–water partition coefficient (Wildman–Crippen LogP) is 2.53. The second-order valence-electron chi connectivity index (χ2n) is 3.28. The maximum absolute atomic E-state index is 11.5. The fourth-order valence-corrected chi connectivity index (χ4v) is 1.52. The molecule has 0 spiro atoms. The summed E-state index contributed by atoms with van der Waals surface area (Å²) in [5.41, 5.74) is 5.95. The second-order valence-corrected chi connectivity index (χ2v) is 4.16. The summed E-state index contributed by atoms with van der Waals surface area (Å²) in [6, 6.07) is 4.87. The van der Waals surface area contributed by atoms with Crippen LogP contribution >= 0.6 is 23.2 Å². The van der Waals surface area contributed by atoms with E-state index in [0.29, 0.717) is 22.3 Å². The van der Waals surface area contributed by atoms with Crippen LogP contribution in [0.25, 0.3) is 0 Å². The SMILES string of the molecule is CC(CN)C(=O)Nc1cc(Cl)cc(Cl)c1. The molecular formula is C10H12Cl2N2O. The zero-order valence-corrected chi connectivity index (χ0v) is 9.77. The molecule has 0 heterocycles. The summed E-state index contributed by atoms with van der Waals surface area (Å²) in [4.78, 5) is 11.5. The molecule has 5 heteroatoms. The van der Waals surface area contributed by atoms with Gasteiger partial charge in [0, 0.05) is 28.2 Å². The molecule has 15 heavy (non-hydrogen) atoms. The molecule has 0 fully saturated rings. The third-order valence-corrected chi connectivity index (χ3v) is 2.37. The molecule has 1 aromatic carbocycles. The molecule has 0 aromatic heterocycles. The van der Waals surface area contributed by atoms with Gasteiger partial charge in [-0.15, -0.1) is 0 Å². The van der Waals surface area contributed by atoms with Gasteiger partial charge in [0.15, 0.2) is 0 Å². The van der Waals surface area contributed by atoms with Gasteiger partial charge in [0.05, 0.1) is 0 Å². The highest BCUT2D eigenvalue weighted by Gasteiger charge is 2.11. The van der Waals surface area contributed by atoms with Crippen LogP contribution in [0.3, 0.4) is 0 Å². The van der Waals surface area contributed by atoms with Crippen molar-refractivity contribution >= 4 is 34.8 Å². The normalized spacial score (nSPS) is 12.3.